The van der Waals surface area contributed by atoms with Crippen LogP contribution < -0.4 is 5.32 Å². The molecule has 10 nitrogen and oxygen atoms in total. The Bertz CT molecular complexity index is 1100. The first-order chi connectivity index (χ1) is 14.2. The highest BCUT2D eigenvalue weighted by Crippen LogP contribution is 2.33. The Morgan fingerprint density at radius 2 is 2.10 bits per heavy atom. The molecule has 2 heterocycles. The highest BCUT2D eigenvalue weighted by Gasteiger charge is 2.34. The van der Waals surface area contributed by atoms with Gasteiger partial charge in [-0.25, -0.2) is 0 Å². The van der Waals surface area contributed by atoms with E-state index in [0.717, 1.165) is 16.7 Å². The van der Waals surface area contributed by atoms with Gasteiger partial charge in [-0.1, -0.05) is 17.7 Å². The van der Waals surface area contributed by atoms with E-state index < -0.39 is 16.1 Å². The molecule has 0 unspecified atom stereocenters. The van der Waals surface area contributed by atoms with Crippen LogP contribution in [0.5, 0.6) is 0 Å². The molecular weight excluding hydrogens is 434 g/mol. The van der Waals surface area contributed by atoms with E-state index in [1.807, 2.05) is 0 Å². The maximum atomic E-state index is 12.5. The van der Waals surface area contributed by atoms with Crippen LogP contribution in [0.15, 0.2) is 29.2 Å². The van der Waals surface area contributed by atoms with E-state index in [0.29, 0.717) is 17.0 Å². The van der Waals surface area contributed by atoms with Crippen molar-refractivity contribution in [2.75, 3.05) is 13.1 Å². The van der Waals surface area contributed by atoms with Gasteiger partial charge in [-0.15, -0.1) is 0 Å². The summed E-state index contributed by atoms with van der Waals surface area (Å²) in [4.78, 5) is 48.4. The van der Waals surface area contributed by atoms with E-state index in [4.69, 9.17) is 11.6 Å². The molecule has 2 aromatic rings. The Morgan fingerprint density at radius 1 is 1.37 bits per heavy atom. The predicted molar refractivity (Wildman–Crippen MR) is 111 cm³/mol. The van der Waals surface area contributed by atoms with Gasteiger partial charge in [0.05, 0.1) is 15.5 Å². The summed E-state index contributed by atoms with van der Waals surface area (Å²) in [7, 11) is 1.64. The molecule has 1 fully saturated rings. The third-order valence-corrected chi connectivity index (χ3v) is 5.42. The number of hydrogen-bond acceptors (Lipinski definition) is 7. The molecule has 156 valence electrons. The van der Waals surface area contributed by atoms with E-state index in [1.165, 1.54) is 29.0 Å². The normalized spacial score (nSPS) is 15.2. The number of carbonyl (C=O) groups is 3. The number of amides is 3. The molecule has 1 aliphatic heterocycles. The quantitative estimate of drug-likeness (QED) is 0.408. The number of aryl methyl sites for hydroxylation is 2. The van der Waals surface area contributed by atoms with Crippen molar-refractivity contribution in [3.05, 3.63) is 61.3 Å². The average Bonchev–Trinajstić information content (AvgIpc) is 3.15. The summed E-state index contributed by atoms with van der Waals surface area (Å²) in [6.45, 7) is 1.82. The molecule has 0 atom stereocenters. The van der Waals surface area contributed by atoms with Crippen LogP contribution >= 0.6 is 23.4 Å². The van der Waals surface area contributed by atoms with Crippen LogP contribution in [-0.4, -0.2) is 49.7 Å². The van der Waals surface area contributed by atoms with Crippen molar-refractivity contribution in [3.8, 4) is 0 Å². The molecule has 0 spiro atoms. The number of nitrogens with zero attached hydrogens (tertiary/aromatic N) is 4. The lowest BCUT2D eigenvalue weighted by atomic mass is 10.2. The number of thioether (sulfide) groups is 1. The second-order valence-electron chi connectivity index (χ2n) is 6.35. The van der Waals surface area contributed by atoms with Crippen molar-refractivity contribution in [2.45, 2.75) is 6.92 Å². The molecule has 1 N–H and O–H groups in total. The molecule has 30 heavy (non-hydrogen) atoms. The summed E-state index contributed by atoms with van der Waals surface area (Å²) in [6, 6.07) is 5.72. The molecule has 3 rings (SSSR count). The molecule has 1 aliphatic rings. The SMILES string of the molecule is Cc1cc(C(=O)NCCN2C(=O)S/C(=C/c3ccc(Cl)c([N+](=O)[O-])c3)C2=O)n(C)n1. The van der Waals surface area contributed by atoms with Crippen LogP contribution in [0.2, 0.25) is 5.02 Å². The lowest BCUT2D eigenvalue weighted by molar-refractivity contribution is -0.384. The maximum absolute atomic E-state index is 12.5. The van der Waals surface area contributed by atoms with Crippen LogP contribution in [0, 0.1) is 17.0 Å². The third kappa shape index (κ3) is 4.52. The number of rotatable bonds is 6. The van der Waals surface area contributed by atoms with Crippen LogP contribution in [0.1, 0.15) is 21.7 Å². The summed E-state index contributed by atoms with van der Waals surface area (Å²) in [5, 5.41) is 17.2. The van der Waals surface area contributed by atoms with Crippen molar-refractivity contribution in [1.82, 2.24) is 20.0 Å². The number of benzene rings is 1. The lowest BCUT2D eigenvalue weighted by Gasteiger charge is -2.13. The van der Waals surface area contributed by atoms with E-state index in [2.05, 4.69) is 10.4 Å². The first-order valence-electron chi connectivity index (χ1n) is 8.65. The molecule has 1 aromatic carbocycles. The van der Waals surface area contributed by atoms with Gasteiger partial charge < -0.3 is 5.32 Å². The summed E-state index contributed by atoms with van der Waals surface area (Å²) < 4.78 is 1.44. The van der Waals surface area contributed by atoms with Gasteiger partial charge in [0.2, 0.25) is 0 Å². The molecule has 0 bridgehead atoms. The molecule has 0 saturated carbocycles. The monoisotopic (exact) mass is 449 g/mol. The number of nitrogens with one attached hydrogen (secondary N) is 1. The van der Waals surface area contributed by atoms with E-state index in [9.17, 15) is 24.5 Å². The number of halogens is 1. The first-order valence-corrected chi connectivity index (χ1v) is 9.85. The van der Waals surface area contributed by atoms with Crippen LogP contribution in [-0.2, 0) is 11.8 Å². The largest absolute Gasteiger partial charge is 0.349 e. The van der Waals surface area contributed by atoms with Gasteiger partial charge in [0.15, 0.2) is 0 Å². The standard InChI is InChI=1S/C18H16ClN5O5S/c1-10-7-14(22(2)21-10)16(25)20-5-6-23-17(26)15(30-18(23)27)9-11-3-4-12(19)13(8-11)24(28)29/h3-4,7-9H,5-6H2,1-2H3,(H,20,25)/b15-9+. The number of hydrogen-bond donors (Lipinski definition) is 1. The van der Waals surface area contributed by atoms with Gasteiger partial charge in [-0.3, -0.25) is 34.1 Å². The Hall–Kier alpha value is -3.18. The topological polar surface area (TPSA) is 127 Å². The summed E-state index contributed by atoms with van der Waals surface area (Å²) in [5.41, 5.74) is 1.14. The zero-order valence-corrected chi connectivity index (χ0v) is 17.5. The van der Waals surface area contributed by atoms with Crippen molar-refractivity contribution in [1.29, 1.82) is 0 Å². The predicted octanol–water partition coefficient (Wildman–Crippen LogP) is 2.76. The fraction of sp³-hybridized carbons (Fsp3) is 0.222. The van der Waals surface area contributed by atoms with Gasteiger partial charge in [0, 0.05) is 26.2 Å². The number of nitro benzene ring substituents is 1. The number of aromatic nitrogens is 2. The second kappa shape index (κ2) is 8.67. The van der Waals surface area contributed by atoms with Gasteiger partial charge in [-0.05, 0) is 42.5 Å². The summed E-state index contributed by atoms with van der Waals surface area (Å²) in [6.07, 6.45) is 1.39. The zero-order chi connectivity index (χ0) is 22.0. The second-order valence-corrected chi connectivity index (χ2v) is 7.75. The third-order valence-electron chi connectivity index (χ3n) is 4.19. The Balaban J connectivity index is 1.65. The van der Waals surface area contributed by atoms with E-state index >= 15 is 0 Å². The van der Waals surface area contributed by atoms with E-state index in [1.54, 1.807) is 20.0 Å². The van der Waals surface area contributed by atoms with Gasteiger partial charge in [0.25, 0.3) is 22.7 Å². The summed E-state index contributed by atoms with van der Waals surface area (Å²) >= 11 is 6.51. The molecule has 1 aromatic heterocycles. The van der Waals surface area contributed by atoms with Gasteiger partial charge in [-0.2, -0.15) is 5.10 Å². The lowest BCUT2D eigenvalue weighted by Crippen LogP contribution is -2.37. The molecule has 1 saturated heterocycles. The molecular formula is C18H16ClN5O5S. The van der Waals surface area contributed by atoms with Crippen molar-refractivity contribution in [2.24, 2.45) is 7.05 Å². The smallest absolute Gasteiger partial charge is 0.293 e. The van der Waals surface area contributed by atoms with Crippen LogP contribution in [0.4, 0.5) is 10.5 Å². The fourth-order valence-corrected chi connectivity index (χ4v) is 3.85. The first kappa shape index (κ1) is 21.5. The molecule has 0 aliphatic carbocycles. The molecule has 0 radical (unpaired) electrons. The number of carbonyl (C=O) groups excluding carboxylic acids is 3. The number of nitro groups is 1. The van der Waals surface area contributed by atoms with Crippen molar-refractivity contribution >= 4 is 52.2 Å². The minimum atomic E-state index is -0.627. The van der Waals surface area contributed by atoms with Gasteiger partial charge >= 0.3 is 0 Å². The van der Waals surface area contributed by atoms with Gasteiger partial charge in [0.1, 0.15) is 10.7 Å². The average molecular weight is 450 g/mol. The van der Waals surface area contributed by atoms with Crippen LogP contribution in [0.25, 0.3) is 6.08 Å². The highest BCUT2D eigenvalue weighted by molar-refractivity contribution is 8.18. The molecule has 12 heteroatoms. The van der Waals surface area contributed by atoms with Crippen LogP contribution in [0.3, 0.4) is 0 Å². The zero-order valence-electron chi connectivity index (χ0n) is 15.9. The van der Waals surface area contributed by atoms with E-state index in [-0.39, 0.29) is 34.6 Å². The highest BCUT2D eigenvalue weighted by atomic mass is 35.5. The summed E-state index contributed by atoms with van der Waals surface area (Å²) in [5.74, 6) is -0.901. The Labute approximate surface area is 180 Å². The Morgan fingerprint density at radius 3 is 2.73 bits per heavy atom. The van der Waals surface area contributed by atoms with Crippen molar-refractivity contribution in [3.63, 3.8) is 0 Å². The minimum Gasteiger partial charge on any atom is -0.349 e. The van der Waals surface area contributed by atoms with Crippen molar-refractivity contribution < 1.29 is 19.3 Å². The number of imide groups is 1. The maximum Gasteiger partial charge on any atom is 0.293 e. The minimum absolute atomic E-state index is 0.00859. The Kier molecular flexibility index (Phi) is 6.22. The molecule has 3 amide bonds. The fourth-order valence-electron chi connectivity index (χ4n) is 2.80.